The molecule has 0 aliphatic heterocycles. The van der Waals surface area contributed by atoms with Crippen molar-refractivity contribution in [2.24, 2.45) is 0 Å². The Morgan fingerprint density at radius 2 is 1.57 bits per heavy atom. The van der Waals surface area contributed by atoms with E-state index in [2.05, 4.69) is 10.6 Å². The van der Waals surface area contributed by atoms with Crippen molar-refractivity contribution < 1.29 is 23.9 Å². The maximum Gasteiger partial charge on any atom is 0.344 e. The number of benzene rings is 2. The first-order valence-corrected chi connectivity index (χ1v) is 8.82. The van der Waals surface area contributed by atoms with Crippen molar-refractivity contribution in [2.45, 2.75) is 33.8 Å². The molecule has 28 heavy (non-hydrogen) atoms. The maximum absolute atomic E-state index is 12.2. The van der Waals surface area contributed by atoms with Crippen LogP contribution in [0.2, 0.25) is 0 Å². The van der Waals surface area contributed by atoms with Crippen molar-refractivity contribution in [3.8, 4) is 5.75 Å². The summed E-state index contributed by atoms with van der Waals surface area (Å²) in [4.78, 5) is 35.2. The summed E-state index contributed by atoms with van der Waals surface area (Å²) in [6.07, 6.45) is -0.982. The Morgan fingerprint density at radius 1 is 0.964 bits per heavy atom. The predicted octanol–water partition coefficient (Wildman–Crippen LogP) is 3.21. The van der Waals surface area contributed by atoms with Crippen LogP contribution >= 0.6 is 0 Å². The molecule has 0 bridgehead atoms. The monoisotopic (exact) mass is 384 g/mol. The fourth-order valence-electron chi connectivity index (χ4n) is 2.37. The first-order valence-electron chi connectivity index (χ1n) is 8.82. The third kappa shape index (κ3) is 6.42. The minimum Gasteiger partial charge on any atom is -0.482 e. The normalized spacial score (nSPS) is 11.3. The van der Waals surface area contributed by atoms with Crippen LogP contribution in [0.4, 0.5) is 11.4 Å². The second kappa shape index (κ2) is 9.55. The zero-order valence-electron chi connectivity index (χ0n) is 16.4. The number of aryl methyl sites for hydroxylation is 2. The van der Waals surface area contributed by atoms with Gasteiger partial charge >= 0.3 is 5.97 Å². The van der Waals surface area contributed by atoms with Gasteiger partial charge in [-0.2, -0.15) is 0 Å². The molecule has 2 amide bonds. The van der Waals surface area contributed by atoms with E-state index in [1.807, 2.05) is 32.0 Å². The molecule has 148 valence electrons. The largest absolute Gasteiger partial charge is 0.482 e. The average molecular weight is 384 g/mol. The van der Waals surface area contributed by atoms with Crippen LogP contribution in [0.5, 0.6) is 5.75 Å². The van der Waals surface area contributed by atoms with Gasteiger partial charge in [0, 0.05) is 18.3 Å². The van der Waals surface area contributed by atoms with Crippen LogP contribution in [0.1, 0.15) is 25.0 Å². The Labute approximate surface area is 164 Å². The summed E-state index contributed by atoms with van der Waals surface area (Å²) < 4.78 is 10.6. The van der Waals surface area contributed by atoms with Crippen molar-refractivity contribution >= 4 is 29.2 Å². The second-order valence-electron chi connectivity index (χ2n) is 6.44. The Kier molecular flexibility index (Phi) is 7.14. The van der Waals surface area contributed by atoms with Gasteiger partial charge in [0.15, 0.2) is 12.7 Å². The van der Waals surface area contributed by atoms with Crippen molar-refractivity contribution in [2.75, 3.05) is 17.2 Å². The third-order valence-electron chi connectivity index (χ3n) is 3.84. The first kappa shape index (κ1) is 21.0. The lowest BCUT2D eigenvalue weighted by Crippen LogP contribution is -2.31. The molecule has 0 aliphatic carbocycles. The Hall–Kier alpha value is -3.35. The number of hydrogen-bond donors (Lipinski definition) is 2. The molecule has 2 aromatic carbocycles. The van der Waals surface area contributed by atoms with Crippen molar-refractivity contribution in [1.29, 1.82) is 0 Å². The fraction of sp³-hybridized carbons (Fsp3) is 0.286. The molecule has 7 heteroatoms. The summed E-state index contributed by atoms with van der Waals surface area (Å²) in [5.41, 5.74) is 3.07. The van der Waals surface area contributed by atoms with Crippen LogP contribution in [-0.2, 0) is 19.1 Å². The van der Waals surface area contributed by atoms with E-state index in [4.69, 9.17) is 9.47 Å². The number of rotatable bonds is 7. The molecular weight excluding hydrogens is 360 g/mol. The van der Waals surface area contributed by atoms with Crippen LogP contribution in [0, 0.1) is 13.8 Å². The highest BCUT2D eigenvalue weighted by Gasteiger charge is 2.18. The summed E-state index contributed by atoms with van der Waals surface area (Å²) in [6, 6.07) is 12.3. The van der Waals surface area contributed by atoms with Crippen LogP contribution in [0.3, 0.4) is 0 Å². The molecule has 0 aliphatic rings. The lowest BCUT2D eigenvalue weighted by atomic mass is 10.1. The van der Waals surface area contributed by atoms with Crippen LogP contribution in [0.25, 0.3) is 0 Å². The number of amides is 2. The molecule has 2 N–H and O–H groups in total. The summed E-state index contributed by atoms with van der Waals surface area (Å²) >= 11 is 0. The van der Waals surface area contributed by atoms with Gasteiger partial charge in [0.25, 0.3) is 5.91 Å². The predicted molar refractivity (Wildman–Crippen MR) is 106 cm³/mol. The van der Waals surface area contributed by atoms with Gasteiger partial charge in [-0.1, -0.05) is 12.1 Å². The summed E-state index contributed by atoms with van der Waals surface area (Å²) in [7, 11) is 0. The number of hydrogen-bond acceptors (Lipinski definition) is 5. The van der Waals surface area contributed by atoms with E-state index in [1.165, 1.54) is 13.8 Å². The average Bonchev–Trinajstić information content (AvgIpc) is 2.63. The standard InChI is InChI=1S/C21H24N2O5/c1-13-5-6-14(2)19(11-13)27-12-20(25)28-15(3)21(26)23-18-9-7-17(8-10-18)22-16(4)24/h5-11,15H,12H2,1-4H3,(H,22,24)(H,23,26)/t15-/m1/s1. The molecule has 0 unspecified atom stereocenters. The third-order valence-corrected chi connectivity index (χ3v) is 3.84. The molecule has 2 aromatic rings. The molecular formula is C21H24N2O5. The van der Waals surface area contributed by atoms with Gasteiger partial charge in [0.1, 0.15) is 5.75 Å². The number of carbonyl (C=O) groups excluding carboxylic acids is 3. The number of anilines is 2. The quantitative estimate of drug-likeness (QED) is 0.715. The Balaban J connectivity index is 1.83. The minimum absolute atomic E-state index is 0.180. The van der Waals surface area contributed by atoms with E-state index >= 15 is 0 Å². The van der Waals surface area contributed by atoms with Crippen LogP contribution in [-0.4, -0.2) is 30.5 Å². The van der Waals surface area contributed by atoms with Crippen LogP contribution in [0.15, 0.2) is 42.5 Å². The van der Waals surface area contributed by atoms with Crippen LogP contribution < -0.4 is 15.4 Å². The summed E-state index contributed by atoms with van der Waals surface area (Å²) in [6.45, 7) is 6.42. The lowest BCUT2D eigenvalue weighted by Gasteiger charge is -2.15. The molecule has 0 radical (unpaired) electrons. The zero-order chi connectivity index (χ0) is 20.7. The number of nitrogens with one attached hydrogen (secondary N) is 2. The van der Waals surface area contributed by atoms with Gasteiger partial charge in [-0.3, -0.25) is 9.59 Å². The molecule has 2 rings (SSSR count). The maximum atomic E-state index is 12.2. The zero-order valence-corrected chi connectivity index (χ0v) is 16.4. The molecule has 0 saturated carbocycles. The second-order valence-corrected chi connectivity index (χ2v) is 6.44. The smallest absolute Gasteiger partial charge is 0.344 e. The lowest BCUT2D eigenvalue weighted by molar-refractivity contribution is -0.155. The van der Waals surface area contributed by atoms with Gasteiger partial charge in [-0.15, -0.1) is 0 Å². The van der Waals surface area contributed by atoms with E-state index in [9.17, 15) is 14.4 Å². The van der Waals surface area contributed by atoms with E-state index in [0.29, 0.717) is 17.1 Å². The molecule has 0 fully saturated rings. The van der Waals surface area contributed by atoms with Gasteiger partial charge in [-0.25, -0.2) is 4.79 Å². The highest BCUT2D eigenvalue weighted by molar-refractivity contribution is 5.95. The van der Waals surface area contributed by atoms with Crippen molar-refractivity contribution in [3.05, 3.63) is 53.6 Å². The Morgan fingerprint density at radius 3 is 2.18 bits per heavy atom. The molecule has 0 heterocycles. The highest BCUT2D eigenvalue weighted by atomic mass is 16.6. The molecule has 0 saturated heterocycles. The van der Waals surface area contributed by atoms with Gasteiger partial charge < -0.3 is 20.1 Å². The Bertz CT molecular complexity index is 862. The van der Waals surface area contributed by atoms with Crippen molar-refractivity contribution in [3.63, 3.8) is 0 Å². The first-order chi connectivity index (χ1) is 13.2. The number of carbonyl (C=O) groups is 3. The van der Waals surface area contributed by atoms with Crippen molar-refractivity contribution in [1.82, 2.24) is 0 Å². The number of esters is 1. The molecule has 1 atom stereocenters. The summed E-state index contributed by atoms with van der Waals surface area (Å²) in [5, 5.41) is 5.28. The van der Waals surface area contributed by atoms with Gasteiger partial charge in [0.05, 0.1) is 0 Å². The number of ether oxygens (including phenoxy) is 2. The highest BCUT2D eigenvalue weighted by Crippen LogP contribution is 2.19. The van der Waals surface area contributed by atoms with E-state index < -0.39 is 18.0 Å². The van der Waals surface area contributed by atoms with Gasteiger partial charge in [0.2, 0.25) is 5.91 Å². The topological polar surface area (TPSA) is 93.7 Å². The van der Waals surface area contributed by atoms with E-state index in [1.54, 1.807) is 24.3 Å². The minimum atomic E-state index is -0.982. The fourth-order valence-corrected chi connectivity index (χ4v) is 2.37. The van der Waals surface area contributed by atoms with Gasteiger partial charge in [-0.05, 0) is 62.2 Å². The molecule has 0 aromatic heterocycles. The van der Waals surface area contributed by atoms with E-state index in [0.717, 1.165) is 11.1 Å². The molecule has 0 spiro atoms. The summed E-state index contributed by atoms with van der Waals surface area (Å²) in [5.74, 6) is -0.675. The molecule has 7 nitrogen and oxygen atoms in total. The SMILES string of the molecule is CC(=O)Nc1ccc(NC(=O)[C@@H](C)OC(=O)COc2cc(C)ccc2C)cc1. The van der Waals surface area contributed by atoms with E-state index in [-0.39, 0.29) is 12.5 Å².